The van der Waals surface area contributed by atoms with E-state index in [1.807, 2.05) is 0 Å². The third-order valence-corrected chi connectivity index (χ3v) is 3.77. The van der Waals surface area contributed by atoms with Gasteiger partial charge in [-0.05, 0) is 42.5 Å². The maximum atomic E-state index is 12.4. The second-order valence-electron chi connectivity index (χ2n) is 4.63. The molecule has 0 aromatic heterocycles. The topological polar surface area (TPSA) is 72.5 Å². The van der Waals surface area contributed by atoms with Crippen LogP contribution in [-0.4, -0.2) is 27.6 Å². The molecule has 116 valence electrons. The standard InChI is InChI=1S/C15H14ClNO4S/c1-21-14-8-5-11(9-13(14)16)15(18)10-3-6-12(7-4-10)17-22(2,19)20/h3-9,17H,1-2H3. The maximum Gasteiger partial charge on any atom is 0.229 e. The summed E-state index contributed by atoms with van der Waals surface area (Å²) in [6.07, 6.45) is 1.06. The minimum absolute atomic E-state index is 0.213. The minimum Gasteiger partial charge on any atom is -0.495 e. The van der Waals surface area contributed by atoms with Crippen molar-refractivity contribution in [3.05, 3.63) is 58.6 Å². The Bertz CT molecular complexity index is 801. The van der Waals surface area contributed by atoms with Crippen LogP contribution in [0.2, 0.25) is 5.02 Å². The number of hydrogen-bond donors (Lipinski definition) is 1. The molecule has 0 unspecified atom stereocenters. The van der Waals surface area contributed by atoms with Crippen molar-refractivity contribution in [2.45, 2.75) is 0 Å². The van der Waals surface area contributed by atoms with E-state index < -0.39 is 10.0 Å². The monoisotopic (exact) mass is 339 g/mol. The van der Waals surface area contributed by atoms with Crippen molar-refractivity contribution in [1.82, 2.24) is 0 Å². The minimum atomic E-state index is -3.34. The number of methoxy groups -OCH3 is 1. The number of benzene rings is 2. The van der Waals surface area contributed by atoms with E-state index >= 15 is 0 Å². The fourth-order valence-electron chi connectivity index (χ4n) is 1.88. The van der Waals surface area contributed by atoms with Crippen LogP contribution in [0.25, 0.3) is 0 Å². The first-order valence-corrected chi connectivity index (χ1v) is 8.53. The van der Waals surface area contributed by atoms with Crippen LogP contribution in [0.1, 0.15) is 15.9 Å². The van der Waals surface area contributed by atoms with Crippen LogP contribution >= 0.6 is 11.6 Å². The van der Waals surface area contributed by atoms with Crippen LogP contribution in [0, 0.1) is 0 Å². The Morgan fingerprint density at radius 3 is 2.18 bits per heavy atom. The Balaban J connectivity index is 2.24. The lowest BCUT2D eigenvalue weighted by atomic mass is 10.0. The van der Waals surface area contributed by atoms with E-state index in [1.165, 1.54) is 25.3 Å². The number of hydrogen-bond acceptors (Lipinski definition) is 4. The van der Waals surface area contributed by atoms with Crippen LogP contribution in [0.15, 0.2) is 42.5 Å². The molecule has 0 saturated heterocycles. The van der Waals surface area contributed by atoms with Gasteiger partial charge in [0.1, 0.15) is 5.75 Å². The maximum absolute atomic E-state index is 12.4. The van der Waals surface area contributed by atoms with Gasteiger partial charge >= 0.3 is 0 Å². The molecule has 0 aliphatic carbocycles. The predicted molar refractivity (Wildman–Crippen MR) is 86.3 cm³/mol. The van der Waals surface area contributed by atoms with Gasteiger partial charge in [0.05, 0.1) is 18.4 Å². The quantitative estimate of drug-likeness (QED) is 0.850. The van der Waals surface area contributed by atoms with E-state index in [2.05, 4.69) is 4.72 Å². The molecular formula is C15H14ClNO4S. The van der Waals surface area contributed by atoms with E-state index in [1.54, 1.807) is 24.3 Å². The molecule has 0 spiro atoms. The molecule has 0 aliphatic heterocycles. The number of nitrogens with one attached hydrogen (secondary N) is 1. The van der Waals surface area contributed by atoms with Gasteiger partial charge in [0.25, 0.3) is 0 Å². The van der Waals surface area contributed by atoms with Crippen molar-refractivity contribution in [3.8, 4) is 5.75 Å². The molecule has 0 saturated carbocycles. The molecule has 5 nitrogen and oxygen atoms in total. The molecular weight excluding hydrogens is 326 g/mol. The number of ketones is 1. The first kappa shape index (κ1) is 16.3. The van der Waals surface area contributed by atoms with Gasteiger partial charge in [-0.25, -0.2) is 8.42 Å². The van der Waals surface area contributed by atoms with Gasteiger partial charge < -0.3 is 4.74 Å². The lowest BCUT2D eigenvalue weighted by Crippen LogP contribution is -2.09. The molecule has 0 heterocycles. The summed E-state index contributed by atoms with van der Waals surface area (Å²) in [7, 11) is -1.85. The van der Waals surface area contributed by atoms with Crippen molar-refractivity contribution in [3.63, 3.8) is 0 Å². The second kappa shape index (κ2) is 6.37. The summed E-state index contributed by atoms with van der Waals surface area (Å²) in [4.78, 5) is 12.4. The Kier molecular flexibility index (Phi) is 4.73. The Morgan fingerprint density at radius 2 is 1.68 bits per heavy atom. The van der Waals surface area contributed by atoms with E-state index in [-0.39, 0.29) is 5.78 Å². The molecule has 0 fully saturated rings. The summed E-state index contributed by atoms with van der Waals surface area (Å²) in [6, 6.07) is 10.9. The SMILES string of the molecule is COc1ccc(C(=O)c2ccc(NS(C)(=O)=O)cc2)cc1Cl. The van der Waals surface area contributed by atoms with Gasteiger partial charge in [-0.2, -0.15) is 0 Å². The zero-order valence-corrected chi connectivity index (χ0v) is 13.5. The predicted octanol–water partition coefficient (Wildman–Crippen LogP) is 2.95. The normalized spacial score (nSPS) is 11.0. The summed E-state index contributed by atoms with van der Waals surface area (Å²) in [5.41, 5.74) is 1.25. The fourth-order valence-corrected chi connectivity index (χ4v) is 2.70. The number of carbonyl (C=O) groups is 1. The van der Waals surface area contributed by atoms with Crippen molar-refractivity contribution < 1.29 is 17.9 Å². The lowest BCUT2D eigenvalue weighted by molar-refractivity contribution is 0.103. The Hall–Kier alpha value is -2.05. The molecule has 0 bridgehead atoms. The smallest absolute Gasteiger partial charge is 0.229 e. The zero-order valence-electron chi connectivity index (χ0n) is 12.0. The van der Waals surface area contributed by atoms with Gasteiger partial charge in [0, 0.05) is 16.8 Å². The molecule has 1 N–H and O–H groups in total. The van der Waals surface area contributed by atoms with Crippen molar-refractivity contribution in [1.29, 1.82) is 0 Å². The summed E-state index contributed by atoms with van der Waals surface area (Å²) < 4.78 is 29.6. The first-order chi connectivity index (χ1) is 10.3. The number of ether oxygens (including phenoxy) is 1. The lowest BCUT2D eigenvalue weighted by Gasteiger charge is -2.07. The molecule has 0 amide bonds. The highest BCUT2D eigenvalue weighted by Crippen LogP contribution is 2.26. The summed E-state index contributed by atoms with van der Waals surface area (Å²) in [5, 5.41) is 0.351. The number of carbonyl (C=O) groups excluding carboxylic acids is 1. The van der Waals surface area contributed by atoms with Crippen molar-refractivity contribution in [2.24, 2.45) is 0 Å². The number of sulfonamides is 1. The third kappa shape index (κ3) is 3.99. The fraction of sp³-hybridized carbons (Fsp3) is 0.133. The van der Waals surface area contributed by atoms with E-state index in [0.29, 0.717) is 27.6 Å². The van der Waals surface area contributed by atoms with Crippen LogP contribution in [0.4, 0.5) is 5.69 Å². The van der Waals surface area contributed by atoms with E-state index in [4.69, 9.17) is 16.3 Å². The number of rotatable bonds is 5. The second-order valence-corrected chi connectivity index (χ2v) is 6.79. The van der Waals surface area contributed by atoms with E-state index in [0.717, 1.165) is 6.26 Å². The summed E-state index contributed by atoms with van der Waals surface area (Å²) in [6.45, 7) is 0. The summed E-state index contributed by atoms with van der Waals surface area (Å²) >= 11 is 6.00. The number of anilines is 1. The first-order valence-electron chi connectivity index (χ1n) is 6.26. The highest BCUT2D eigenvalue weighted by molar-refractivity contribution is 7.92. The average Bonchev–Trinajstić information content (AvgIpc) is 2.45. The van der Waals surface area contributed by atoms with Gasteiger partial charge in [0.15, 0.2) is 5.78 Å². The molecule has 2 aromatic rings. The van der Waals surface area contributed by atoms with Crippen molar-refractivity contribution >= 4 is 33.1 Å². The average molecular weight is 340 g/mol. The van der Waals surface area contributed by atoms with E-state index in [9.17, 15) is 13.2 Å². The van der Waals surface area contributed by atoms with Crippen molar-refractivity contribution in [2.75, 3.05) is 18.1 Å². The van der Waals surface area contributed by atoms with Crippen LogP contribution < -0.4 is 9.46 Å². The molecule has 0 radical (unpaired) electrons. The zero-order chi connectivity index (χ0) is 16.3. The molecule has 2 rings (SSSR count). The Morgan fingerprint density at radius 1 is 1.09 bits per heavy atom. The van der Waals surface area contributed by atoms with Gasteiger partial charge in [-0.3, -0.25) is 9.52 Å². The molecule has 0 aliphatic rings. The van der Waals surface area contributed by atoms with Gasteiger partial charge in [-0.15, -0.1) is 0 Å². The largest absolute Gasteiger partial charge is 0.495 e. The van der Waals surface area contributed by atoms with Crippen LogP contribution in [0.5, 0.6) is 5.75 Å². The molecule has 2 aromatic carbocycles. The van der Waals surface area contributed by atoms with Crippen LogP contribution in [-0.2, 0) is 10.0 Å². The summed E-state index contributed by atoms with van der Waals surface area (Å²) in [5.74, 6) is 0.279. The Labute approximate surface area is 133 Å². The van der Waals surface area contributed by atoms with Crippen LogP contribution in [0.3, 0.4) is 0 Å². The molecule has 0 atom stereocenters. The molecule has 22 heavy (non-hydrogen) atoms. The van der Waals surface area contributed by atoms with Gasteiger partial charge in [0.2, 0.25) is 10.0 Å². The number of halogens is 1. The highest BCUT2D eigenvalue weighted by atomic mass is 35.5. The highest BCUT2D eigenvalue weighted by Gasteiger charge is 2.12. The van der Waals surface area contributed by atoms with Gasteiger partial charge in [-0.1, -0.05) is 11.6 Å². The third-order valence-electron chi connectivity index (χ3n) is 2.86. The molecule has 7 heteroatoms.